The molecule has 1 heterocycles. The Hall–Kier alpha value is -0.810. The maximum atomic E-state index is 11.6. The summed E-state index contributed by atoms with van der Waals surface area (Å²) in [7, 11) is 1.52. The number of aliphatic hydroxyl groups excluding tert-OH is 1. The molecule has 1 rings (SSSR count). The van der Waals surface area contributed by atoms with Gasteiger partial charge in [-0.25, -0.2) is 4.79 Å². The van der Waals surface area contributed by atoms with Gasteiger partial charge in [0.05, 0.1) is 19.2 Å². The molecule has 0 aliphatic carbocycles. The molecule has 0 saturated carbocycles. The summed E-state index contributed by atoms with van der Waals surface area (Å²) in [6, 6.07) is 0. The number of carbonyl (C=O) groups is 1. The van der Waals surface area contributed by atoms with Gasteiger partial charge in [-0.1, -0.05) is 0 Å². The smallest absolute Gasteiger partial charge is 0.410 e. The van der Waals surface area contributed by atoms with Crippen molar-refractivity contribution in [1.82, 2.24) is 4.90 Å². The Bertz CT molecular complexity index is 236. The molecule has 1 aliphatic rings. The van der Waals surface area contributed by atoms with Crippen molar-refractivity contribution >= 4 is 6.09 Å². The lowest BCUT2D eigenvalue weighted by Crippen LogP contribution is -2.36. The van der Waals surface area contributed by atoms with E-state index in [1.807, 2.05) is 20.8 Å². The van der Waals surface area contributed by atoms with Crippen LogP contribution in [0.25, 0.3) is 0 Å². The van der Waals surface area contributed by atoms with Crippen LogP contribution in [0.2, 0.25) is 0 Å². The second-order valence-corrected chi connectivity index (χ2v) is 4.73. The summed E-state index contributed by atoms with van der Waals surface area (Å²) in [5, 5.41) is 9.53. The van der Waals surface area contributed by atoms with Gasteiger partial charge in [-0.3, -0.25) is 0 Å². The zero-order chi connectivity index (χ0) is 11.6. The van der Waals surface area contributed by atoms with E-state index in [0.717, 1.165) is 0 Å². The van der Waals surface area contributed by atoms with Crippen LogP contribution in [0.3, 0.4) is 0 Å². The van der Waals surface area contributed by atoms with Gasteiger partial charge in [0.1, 0.15) is 11.7 Å². The Morgan fingerprint density at radius 2 is 2.00 bits per heavy atom. The number of nitrogens with zero attached hydrogens (tertiary/aromatic N) is 1. The van der Waals surface area contributed by atoms with E-state index >= 15 is 0 Å². The Morgan fingerprint density at radius 1 is 1.40 bits per heavy atom. The molecule has 1 aliphatic heterocycles. The lowest BCUT2D eigenvalue weighted by atomic mass is 10.2. The first-order valence-electron chi connectivity index (χ1n) is 5.02. The first-order valence-corrected chi connectivity index (χ1v) is 5.02. The van der Waals surface area contributed by atoms with Crippen molar-refractivity contribution in [2.24, 2.45) is 0 Å². The molecule has 0 radical (unpaired) electrons. The fourth-order valence-corrected chi connectivity index (χ4v) is 1.46. The highest BCUT2D eigenvalue weighted by molar-refractivity contribution is 5.68. The molecule has 88 valence electrons. The summed E-state index contributed by atoms with van der Waals surface area (Å²) in [6.07, 6.45) is -1.33. The van der Waals surface area contributed by atoms with Crippen molar-refractivity contribution in [3.05, 3.63) is 0 Å². The average Bonchev–Trinajstić information content (AvgIpc) is 2.43. The number of amides is 1. The Kier molecular flexibility index (Phi) is 3.57. The van der Waals surface area contributed by atoms with E-state index in [2.05, 4.69) is 0 Å². The van der Waals surface area contributed by atoms with Crippen molar-refractivity contribution in [2.75, 3.05) is 20.2 Å². The molecule has 5 nitrogen and oxygen atoms in total. The van der Waals surface area contributed by atoms with Crippen LogP contribution in [-0.4, -0.2) is 54.1 Å². The number of methoxy groups -OCH3 is 1. The molecule has 0 aromatic heterocycles. The van der Waals surface area contributed by atoms with Gasteiger partial charge in [-0.15, -0.1) is 0 Å². The third-order valence-electron chi connectivity index (χ3n) is 2.19. The van der Waals surface area contributed by atoms with Gasteiger partial charge >= 0.3 is 6.09 Å². The first kappa shape index (κ1) is 12.3. The standard InChI is InChI=1S/C10H19NO4/c1-10(2,3)15-9(13)11-5-7(12)8(6-11)14-4/h7-8,12H,5-6H2,1-4H3. The highest BCUT2D eigenvalue weighted by atomic mass is 16.6. The third-order valence-corrected chi connectivity index (χ3v) is 2.19. The van der Waals surface area contributed by atoms with E-state index in [-0.39, 0.29) is 12.6 Å². The minimum Gasteiger partial charge on any atom is -0.444 e. The molecule has 15 heavy (non-hydrogen) atoms. The van der Waals surface area contributed by atoms with Gasteiger partial charge in [-0.05, 0) is 20.8 Å². The van der Waals surface area contributed by atoms with Gasteiger partial charge in [0.15, 0.2) is 0 Å². The molecule has 1 amide bonds. The van der Waals surface area contributed by atoms with Crippen molar-refractivity contribution < 1.29 is 19.4 Å². The summed E-state index contributed by atoms with van der Waals surface area (Å²) in [5.74, 6) is 0. The lowest BCUT2D eigenvalue weighted by molar-refractivity contribution is 0.0199. The van der Waals surface area contributed by atoms with Crippen LogP contribution < -0.4 is 0 Å². The summed E-state index contributed by atoms with van der Waals surface area (Å²) in [4.78, 5) is 13.1. The van der Waals surface area contributed by atoms with Crippen molar-refractivity contribution in [2.45, 2.75) is 38.6 Å². The largest absolute Gasteiger partial charge is 0.444 e. The van der Waals surface area contributed by atoms with Crippen molar-refractivity contribution in [3.8, 4) is 0 Å². The molecule has 0 spiro atoms. The number of hydrogen-bond acceptors (Lipinski definition) is 4. The molecule has 0 aromatic rings. The number of ether oxygens (including phenoxy) is 2. The number of β-amino-alcohol motifs (C(OH)–C–C–N with tert-alkyl or cyclic N) is 1. The monoisotopic (exact) mass is 217 g/mol. The minimum atomic E-state index is -0.623. The summed E-state index contributed by atoms with van der Waals surface area (Å²) < 4.78 is 10.2. The topological polar surface area (TPSA) is 59.0 Å². The van der Waals surface area contributed by atoms with Crippen LogP contribution in [0, 0.1) is 0 Å². The zero-order valence-corrected chi connectivity index (χ0v) is 9.69. The summed E-state index contributed by atoms with van der Waals surface area (Å²) in [5.41, 5.74) is -0.507. The molecule has 2 unspecified atom stereocenters. The molecule has 1 N–H and O–H groups in total. The van der Waals surface area contributed by atoms with Crippen LogP contribution in [0.5, 0.6) is 0 Å². The fraction of sp³-hybridized carbons (Fsp3) is 0.900. The van der Waals surface area contributed by atoms with Gasteiger partial charge in [0.2, 0.25) is 0 Å². The maximum absolute atomic E-state index is 11.6. The normalized spacial score (nSPS) is 26.9. The van der Waals surface area contributed by atoms with E-state index in [9.17, 15) is 9.90 Å². The molecule has 2 atom stereocenters. The summed E-state index contributed by atoms with van der Waals surface area (Å²) >= 11 is 0. The SMILES string of the molecule is COC1CN(C(=O)OC(C)(C)C)CC1O. The molecule has 5 heteroatoms. The Balaban J connectivity index is 2.50. The quantitative estimate of drug-likeness (QED) is 0.699. The van der Waals surface area contributed by atoms with Crippen LogP contribution in [0.1, 0.15) is 20.8 Å². The van der Waals surface area contributed by atoms with Gasteiger partial charge in [0, 0.05) is 7.11 Å². The molecule has 1 fully saturated rings. The molecule has 0 bridgehead atoms. The molecule has 1 saturated heterocycles. The molecular weight excluding hydrogens is 198 g/mol. The highest BCUT2D eigenvalue weighted by Gasteiger charge is 2.36. The van der Waals surface area contributed by atoms with Crippen molar-refractivity contribution in [1.29, 1.82) is 0 Å². The molecule has 0 aromatic carbocycles. The number of rotatable bonds is 1. The van der Waals surface area contributed by atoms with E-state index in [0.29, 0.717) is 6.54 Å². The zero-order valence-electron chi connectivity index (χ0n) is 9.69. The number of likely N-dealkylation sites (tertiary alicyclic amines) is 1. The number of hydrogen-bond donors (Lipinski definition) is 1. The first-order chi connectivity index (χ1) is 6.83. The van der Waals surface area contributed by atoms with E-state index in [1.54, 1.807) is 0 Å². The Labute approximate surface area is 90.0 Å². The second kappa shape index (κ2) is 4.37. The van der Waals surface area contributed by atoms with Crippen LogP contribution >= 0.6 is 0 Å². The second-order valence-electron chi connectivity index (χ2n) is 4.73. The predicted molar refractivity (Wildman–Crippen MR) is 54.6 cm³/mol. The Morgan fingerprint density at radius 3 is 2.40 bits per heavy atom. The van der Waals surface area contributed by atoms with E-state index < -0.39 is 17.8 Å². The van der Waals surface area contributed by atoms with E-state index in [4.69, 9.17) is 9.47 Å². The van der Waals surface area contributed by atoms with Crippen LogP contribution in [0.15, 0.2) is 0 Å². The number of carbonyl (C=O) groups excluding carboxylic acids is 1. The van der Waals surface area contributed by atoms with E-state index in [1.165, 1.54) is 12.0 Å². The molecular formula is C10H19NO4. The number of aliphatic hydroxyl groups is 1. The third kappa shape index (κ3) is 3.35. The average molecular weight is 217 g/mol. The summed E-state index contributed by atoms with van der Waals surface area (Å²) in [6.45, 7) is 6.08. The van der Waals surface area contributed by atoms with Crippen molar-refractivity contribution in [3.63, 3.8) is 0 Å². The van der Waals surface area contributed by atoms with Gasteiger partial charge < -0.3 is 19.5 Å². The lowest BCUT2D eigenvalue weighted by Gasteiger charge is -2.24. The minimum absolute atomic E-state index is 0.271. The van der Waals surface area contributed by atoms with Crippen LogP contribution in [0.4, 0.5) is 4.79 Å². The van der Waals surface area contributed by atoms with Gasteiger partial charge in [0.25, 0.3) is 0 Å². The highest BCUT2D eigenvalue weighted by Crippen LogP contribution is 2.17. The predicted octanol–water partition coefficient (Wildman–Crippen LogP) is 0.613. The van der Waals surface area contributed by atoms with Crippen LogP contribution in [-0.2, 0) is 9.47 Å². The maximum Gasteiger partial charge on any atom is 0.410 e. The fourth-order valence-electron chi connectivity index (χ4n) is 1.46. The van der Waals surface area contributed by atoms with Gasteiger partial charge in [-0.2, -0.15) is 0 Å².